The van der Waals surface area contributed by atoms with E-state index < -0.39 is 5.97 Å². The summed E-state index contributed by atoms with van der Waals surface area (Å²) >= 11 is 11.7. The molecule has 4 nitrogen and oxygen atoms in total. The molecule has 122 valence electrons. The van der Waals surface area contributed by atoms with Crippen LogP contribution in [0.15, 0.2) is 18.2 Å². The van der Waals surface area contributed by atoms with E-state index in [-0.39, 0.29) is 36.6 Å². The fourth-order valence-corrected chi connectivity index (χ4v) is 1.83. The number of ether oxygens (including phenoxy) is 2. The monoisotopic (exact) mass is 346 g/mol. The number of benzene rings is 1. The number of esters is 2. The quantitative estimate of drug-likeness (QED) is 0.532. The number of carbonyl (C=O) groups is 2. The summed E-state index contributed by atoms with van der Waals surface area (Å²) in [7, 11) is 0. The molecule has 0 saturated carbocycles. The number of rotatable bonds is 7. The van der Waals surface area contributed by atoms with Gasteiger partial charge in [0.15, 0.2) is 5.75 Å². The molecule has 1 atom stereocenters. The highest BCUT2D eigenvalue weighted by Crippen LogP contribution is 2.28. The highest BCUT2D eigenvalue weighted by molar-refractivity contribution is 6.34. The minimum atomic E-state index is -0.464. The molecular formula is C16H20Cl2O4. The van der Waals surface area contributed by atoms with Crippen LogP contribution in [-0.4, -0.2) is 18.0 Å². The van der Waals surface area contributed by atoms with Crippen LogP contribution in [0.25, 0.3) is 0 Å². The smallest absolute Gasteiger partial charge is 0.311 e. The summed E-state index contributed by atoms with van der Waals surface area (Å²) in [6.07, 6.45) is 0.508. The highest BCUT2D eigenvalue weighted by Gasteiger charge is 2.14. The Bertz CT molecular complexity index is 529. The van der Waals surface area contributed by atoms with Crippen LogP contribution >= 0.6 is 23.2 Å². The number of hydrogen-bond donors (Lipinski definition) is 0. The summed E-state index contributed by atoms with van der Waals surface area (Å²) in [6.45, 7) is 5.80. The average molecular weight is 347 g/mol. The molecule has 0 aliphatic rings. The number of halogens is 2. The van der Waals surface area contributed by atoms with E-state index in [1.807, 2.05) is 20.8 Å². The predicted molar refractivity (Wildman–Crippen MR) is 86.3 cm³/mol. The largest absolute Gasteiger partial charge is 0.462 e. The van der Waals surface area contributed by atoms with Gasteiger partial charge in [-0.2, -0.15) is 0 Å². The molecule has 1 aromatic rings. The predicted octanol–water partition coefficient (Wildman–Crippen LogP) is 4.66. The van der Waals surface area contributed by atoms with E-state index in [0.717, 1.165) is 0 Å². The molecule has 1 aromatic carbocycles. The normalized spacial score (nSPS) is 12.1. The Morgan fingerprint density at radius 1 is 1.09 bits per heavy atom. The van der Waals surface area contributed by atoms with Gasteiger partial charge in [-0.3, -0.25) is 9.59 Å². The Labute approximate surface area is 140 Å². The van der Waals surface area contributed by atoms with Crippen molar-refractivity contribution in [1.82, 2.24) is 0 Å². The van der Waals surface area contributed by atoms with Crippen molar-refractivity contribution in [3.05, 3.63) is 28.2 Å². The van der Waals surface area contributed by atoms with Crippen LogP contribution in [0.4, 0.5) is 0 Å². The lowest BCUT2D eigenvalue weighted by atomic mass is 10.1. The topological polar surface area (TPSA) is 52.6 Å². The van der Waals surface area contributed by atoms with Gasteiger partial charge in [-0.25, -0.2) is 0 Å². The Morgan fingerprint density at radius 2 is 1.73 bits per heavy atom. The molecule has 0 aliphatic carbocycles. The van der Waals surface area contributed by atoms with Crippen LogP contribution in [-0.2, 0) is 14.3 Å². The van der Waals surface area contributed by atoms with Gasteiger partial charge in [0.1, 0.15) is 6.10 Å². The maximum absolute atomic E-state index is 11.7. The zero-order valence-electron chi connectivity index (χ0n) is 12.9. The van der Waals surface area contributed by atoms with E-state index in [2.05, 4.69) is 0 Å². The van der Waals surface area contributed by atoms with Crippen LogP contribution in [0.1, 0.15) is 40.0 Å². The molecular weight excluding hydrogens is 327 g/mol. The third-order valence-electron chi connectivity index (χ3n) is 3.14. The molecule has 22 heavy (non-hydrogen) atoms. The van der Waals surface area contributed by atoms with Crippen molar-refractivity contribution in [2.45, 2.75) is 46.1 Å². The van der Waals surface area contributed by atoms with Crippen LogP contribution in [0.3, 0.4) is 0 Å². The summed E-state index contributed by atoms with van der Waals surface area (Å²) in [5.74, 6) is -0.294. The summed E-state index contributed by atoms with van der Waals surface area (Å²) in [5, 5.41) is 0.737. The Kier molecular flexibility index (Phi) is 7.69. The molecule has 0 N–H and O–H groups in total. The van der Waals surface area contributed by atoms with Crippen molar-refractivity contribution in [1.29, 1.82) is 0 Å². The molecule has 0 amide bonds. The third kappa shape index (κ3) is 6.67. The Morgan fingerprint density at radius 3 is 2.36 bits per heavy atom. The molecule has 1 unspecified atom stereocenters. The van der Waals surface area contributed by atoms with E-state index >= 15 is 0 Å². The van der Waals surface area contributed by atoms with Gasteiger partial charge >= 0.3 is 11.9 Å². The van der Waals surface area contributed by atoms with E-state index in [9.17, 15) is 9.59 Å². The lowest BCUT2D eigenvalue weighted by Gasteiger charge is -2.16. The van der Waals surface area contributed by atoms with Gasteiger partial charge in [0, 0.05) is 23.9 Å². The number of carbonyl (C=O) groups excluding carboxylic acids is 2. The van der Waals surface area contributed by atoms with Gasteiger partial charge < -0.3 is 9.47 Å². The molecule has 0 bridgehead atoms. The lowest BCUT2D eigenvalue weighted by molar-refractivity contribution is -0.150. The standard InChI is InChI=1S/C16H20Cl2O4/c1-10(2)11(3)21-15(19)5-4-6-16(20)22-14-9-12(17)7-8-13(14)18/h7-11H,4-6H2,1-3H3. The minimum absolute atomic E-state index is 0.105. The SMILES string of the molecule is CC(C)C(C)OC(=O)CCCC(=O)Oc1cc(Cl)ccc1Cl. The molecule has 0 fully saturated rings. The summed E-state index contributed by atoms with van der Waals surface area (Å²) in [5.41, 5.74) is 0. The Hall–Kier alpha value is -1.26. The maximum Gasteiger partial charge on any atom is 0.311 e. The molecule has 0 radical (unpaired) electrons. The van der Waals surface area contributed by atoms with Gasteiger partial charge in [-0.1, -0.05) is 37.0 Å². The van der Waals surface area contributed by atoms with Gasteiger partial charge in [0.05, 0.1) is 5.02 Å². The van der Waals surface area contributed by atoms with E-state index in [0.29, 0.717) is 16.5 Å². The first kappa shape index (κ1) is 18.8. The number of hydrogen-bond acceptors (Lipinski definition) is 4. The second-order valence-corrected chi connectivity index (χ2v) is 6.18. The maximum atomic E-state index is 11.7. The third-order valence-corrected chi connectivity index (χ3v) is 3.68. The van der Waals surface area contributed by atoms with Crippen LogP contribution in [0, 0.1) is 5.92 Å². The first-order chi connectivity index (χ1) is 10.3. The van der Waals surface area contributed by atoms with Gasteiger partial charge in [0.25, 0.3) is 0 Å². The minimum Gasteiger partial charge on any atom is -0.462 e. The zero-order valence-corrected chi connectivity index (χ0v) is 14.4. The second-order valence-electron chi connectivity index (χ2n) is 5.34. The molecule has 0 heterocycles. The first-order valence-corrected chi connectivity index (χ1v) is 7.90. The zero-order chi connectivity index (χ0) is 16.7. The van der Waals surface area contributed by atoms with Crippen LogP contribution in [0.5, 0.6) is 5.75 Å². The summed E-state index contributed by atoms with van der Waals surface area (Å²) in [4.78, 5) is 23.3. The van der Waals surface area contributed by atoms with Crippen LogP contribution < -0.4 is 4.74 Å². The molecule has 0 aliphatic heterocycles. The second kappa shape index (κ2) is 9.01. The highest BCUT2D eigenvalue weighted by atomic mass is 35.5. The van der Waals surface area contributed by atoms with E-state index in [1.165, 1.54) is 6.07 Å². The molecule has 0 spiro atoms. The van der Waals surface area contributed by atoms with Crippen molar-refractivity contribution in [3.8, 4) is 5.75 Å². The van der Waals surface area contributed by atoms with Crippen molar-refractivity contribution in [2.24, 2.45) is 5.92 Å². The van der Waals surface area contributed by atoms with E-state index in [4.69, 9.17) is 32.7 Å². The molecule has 1 rings (SSSR count). The van der Waals surface area contributed by atoms with Crippen molar-refractivity contribution < 1.29 is 19.1 Å². The fraction of sp³-hybridized carbons (Fsp3) is 0.500. The average Bonchev–Trinajstić information content (AvgIpc) is 2.42. The van der Waals surface area contributed by atoms with Gasteiger partial charge in [-0.15, -0.1) is 0 Å². The Balaban J connectivity index is 2.34. The van der Waals surface area contributed by atoms with Crippen molar-refractivity contribution in [2.75, 3.05) is 0 Å². The van der Waals surface area contributed by atoms with Gasteiger partial charge in [-0.05, 0) is 31.4 Å². The van der Waals surface area contributed by atoms with Crippen molar-refractivity contribution >= 4 is 35.1 Å². The van der Waals surface area contributed by atoms with Gasteiger partial charge in [0.2, 0.25) is 0 Å². The summed E-state index contributed by atoms with van der Waals surface area (Å²) < 4.78 is 10.3. The molecule has 0 saturated heterocycles. The fourth-order valence-electron chi connectivity index (χ4n) is 1.51. The molecule has 0 aromatic heterocycles. The lowest BCUT2D eigenvalue weighted by Crippen LogP contribution is -2.20. The summed E-state index contributed by atoms with van der Waals surface area (Å²) in [6, 6.07) is 4.63. The van der Waals surface area contributed by atoms with Crippen LogP contribution in [0.2, 0.25) is 10.0 Å². The first-order valence-electron chi connectivity index (χ1n) is 7.14. The van der Waals surface area contributed by atoms with E-state index in [1.54, 1.807) is 12.1 Å². The molecule has 6 heteroatoms. The van der Waals surface area contributed by atoms with Crippen molar-refractivity contribution in [3.63, 3.8) is 0 Å².